The Labute approximate surface area is 216 Å². The van der Waals surface area contributed by atoms with E-state index >= 15 is 0 Å². The quantitative estimate of drug-likeness (QED) is 0.404. The van der Waals surface area contributed by atoms with Gasteiger partial charge in [-0.2, -0.15) is 0 Å². The molecule has 1 saturated carbocycles. The van der Waals surface area contributed by atoms with Gasteiger partial charge in [0.2, 0.25) is 0 Å². The van der Waals surface area contributed by atoms with Crippen molar-refractivity contribution in [3.63, 3.8) is 0 Å². The Morgan fingerprint density at radius 1 is 1.08 bits per heavy atom. The van der Waals surface area contributed by atoms with Crippen LogP contribution in [-0.4, -0.2) is 46.2 Å². The maximum Gasteiger partial charge on any atom is 0.258 e. The standard InChI is InChI=1S/C30H32N4O3/c1-20-28(19-37-32-20)23-5-8-27-24(16-23)11-14-34(30(27)36)18-22-3-2-4-25(15-22)29(35)31-17-21-9-12-33(13-10-21)26-6-7-26/h2-5,8,11,14-16,19,21,26H,6-7,9-10,12-13,17-18H2,1H3,(H,31,35). The fourth-order valence-electron chi connectivity index (χ4n) is 5.46. The van der Waals surface area contributed by atoms with Gasteiger partial charge < -0.3 is 19.3 Å². The predicted molar refractivity (Wildman–Crippen MR) is 144 cm³/mol. The predicted octanol–water partition coefficient (Wildman–Crippen LogP) is 4.62. The Balaban J connectivity index is 1.12. The highest BCUT2D eigenvalue weighted by atomic mass is 16.5. The molecule has 3 heterocycles. The van der Waals surface area contributed by atoms with Crippen LogP contribution in [0.2, 0.25) is 0 Å². The van der Waals surface area contributed by atoms with Crippen molar-refractivity contribution < 1.29 is 9.32 Å². The average molecular weight is 497 g/mol. The van der Waals surface area contributed by atoms with E-state index in [1.807, 2.05) is 61.7 Å². The van der Waals surface area contributed by atoms with E-state index in [-0.39, 0.29) is 11.5 Å². The molecule has 7 nitrogen and oxygen atoms in total. The Morgan fingerprint density at radius 3 is 2.68 bits per heavy atom. The van der Waals surface area contributed by atoms with Crippen molar-refractivity contribution in [1.29, 1.82) is 0 Å². The monoisotopic (exact) mass is 496 g/mol. The zero-order chi connectivity index (χ0) is 25.4. The molecule has 1 saturated heterocycles. The average Bonchev–Trinajstić information content (AvgIpc) is 3.69. The number of carbonyl (C=O) groups is 1. The molecule has 0 radical (unpaired) electrons. The second kappa shape index (κ2) is 9.98. The lowest BCUT2D eigenvalue weighted by atomic mass is 9.96. The molecule has 0 unspecified atom stereocenters. The van der Waals surface area contributed by atoms with Gasteiger partial charge in [0.15, 0.2) is 0 Å². The molecule has 1 N–H and O–H groups in total. The first-order valence-corrected chi connectivity index (χ1v) is 13.2. The zero-order valence-electron chi connectivity index (χ0n) is 21.2. The summed E-state index contributed by atoms with van der Waals surface area (Å²) in [4.78, 5) is 28.7. The molecule has 6 rings (SSSR count). The Hall–Kier alpha value is -3.71. The number of carbonyl (C=O) groups excluding carboxylic acids is 1. The highest BCUT2D eigenvalue weighted by Crippen LogP contribution is 2.30. The zero-order valence-corrected chi connectivity index (χ0v) is 21.2. The summed E-state index contributed by atoms with van der Waals surface area (Å²) in [5.41, 5.74) is 4.20. The van der Waals surface area contributed by atoms with Crippen molar-refractivity contribution in [2.45, 2.75) is 45.2 Å². The van der Waals surface area contributed by atoms with Crippen LogP contribution in [0.5, 0.6) is 0 Å². The summed E-state index contributed by atoms with van der Waals surface area (Å²) in [6.07, 6.45) is 8.46. The SMILES string of the molecule is Cc1nocc1-c1ccc2c(=O)n(Cc3cccc(C(=O)NCC4CCN(C5CC5)CC4)c3)ccc2c1. The number of benzene rings is 2. The molecule has 1 aliphatic carbocycles. The molecule has 2 aromatic heterocycles. The molecule has 0 atom stereocenters. The third kappa shape index (κ3) is 5.09. The van der Waals surface area contributed by atoms with Crippen LogP contribution >= 0.6 is 0 Å². The van der Waals surface area contributed by atoms with E-state index in [1.165, 1.54) is 12.8 Å². The number of hydrogen-bond donors (Lipinski definition) is 1. The van der Waals surface area contributed by atoms with E-state index in [0.717, 1.165) is 66.3 Å². The third-order valence-electron chi connectivity index (χ3n) is 7.84. The Morgan fingerprint density at radius 2 is 1.92 bits per heavy atom. The highest BCUT2D eigenvalue weighted by Gasteiger charge is 2.31. The topological polar surface area (TPSA) is 80.4 Å². The number of hydrogen-bond acceptors (Lipinski definition) is 5. The molecule has 2 aromatic carbocycles. The van der Waals surface area contributed by atoms with Gasteiger partial charge in [-0.15, -0.1) is 0 Å². The summed E-state index contributed by atoms with van der Waals surface area (Å²) in [7, 11) is 0. The molecular formula is C30H32N4O3. The lowest BCUT2D eigenvalue weighted by Crippen LogP contribution is -2.39. The van der Waals surface area contributed by atoms with Gasteiger partial charge in [-0.1, -0.05) is 23.4 Å². The molecule has 1 amide bonds. The van der Waals surface area contributed by atoms with Crippen LogP contribution in [-0.2, 0) is 6.54 Å². The fourth-order valence-corrected chi connectivity index (χ4v) is 5.46. The van der Waals surface area contributed by atoms with Gasteiger partial charge >= 0.3 is 0 Å². The van der Waals surface area contributed by atoms with Crippen molar-refractivity contribution in [3.8, 4) is 11.1 Å². The summed E-state index contributed by atoms with van der Waals surface area (Å²) in [6.45, 7) is 5.34. The summed E-state index contributed by atoms with van der Waals surface area (Å²) in [6, 6.07) is 16.1. The fraction of sp³-hybridized carbons (Fsp3) is 0.367. The minimum Gasteiger partial charge on any atom is -0.364 e. The number of amides is 1. The molecule has 7 heteroatoms. The van der Waals surface area contributed by atoms with Crippen LogP contribution in [0.1, 0.15) is 47.3 Å². The number of aromatic nitrogens is 2. The first-order chi connectivity index (χ1) is 18.0. The first-order valence-electron chi connectivity index (χ1n) is 13.2. The molecule has 2 aliphatic rings. The van der Waals surface area contributed by atoms with Crippen LogP contribution in [0.25, 0.3) is 21.9 Å². The number of pyridine rings is 1. The van der Waals surface area contributed by atoms with E-state index in [2.05, 4.69) is 15.4 Å². The van der Waals surface area contributed by atoms with Gasteiger partial charge in [-0.3, -0.25) is 9.59 Å². The Kier molecular flexibility index (Phi) is 6.38. The molecule has 37 heavy (non-hydrogen) atoms. The minimum absolute atomic E-state index is 0.0473. The van der Waals surface area contributed by atoms with Crippen molar-refractivity contribution in [1.82, 2.24) is 19.9 Å². The van der Waals surface area contributed by atoms with E-state index in [1.54, 1.807) is 10.8 Å². The molecule has 0 bridgehead atoms. The van der Waals surface area contributed by atoms with Crippen molar-refractivity contribution in [2.75, 3.05) is 19.6 Å². The summed E-state index contributed by atoms with van der Waals surface area (Å²) in [5.74, 6) is 0.501. The van der Waals surface area contributed by atoms with Crippen LogP contribution in [0.4, 0.5) is 0 Å². The second-order valence-electron chi connectivity index (χ2n) is 10.5. The van der Waals surface area contributed by atoms with Crippen LogP contribution in [0, 0.1) is 12.8 Å². The molecule has 2 fully saturated rings. The third-order valence-corrected chi connectivity index (χ3v) is 7.84. The lowest BCUT2D eigenvalue weighted by molar-refractivity contribution is 0.0934. The van der Waals surface area contributed by atoms with Crippen molar-refractivity contribution in [2.24, 2.45) is 5.92 Å². The molecular weight excluding hydrogens is 464 g/mol. The maximum absolute atomic E-state index is 13.2. The smallest absolute Gasteiger partial charge is 0.258 e. The highest BCUT2D eigenvalue weighted by molar-refractivity contribution is 5.94. The minimum atomic E-state index is -0.0570. The van der Waals surface area contributed by atoms with Gasteiger partial charge in [0.05, 0.1) is 12.2 Å². The summed E-state index contributed by atoms with van der Waals surface area (Å²) < 4.78 is 6.75. The maximum atomic E-state index is 13.2. The van der Waals surface area contributed by atoms with Crippen LogP contribution < -0.4 is 10.9 Å². The van der Waals surface area contributed by atoms with Gasteiger partial charge in [0.25, 0.3) is 11.5 Å². The van der Waals surface area contributed by atoms with Gasteiger partial charge in [0.1, 0.15) is 6.26 Å². The van der Waals surface area contributed by atoms with E-state index in [9.17, 15) is 9.59 Å². The van der Waals surface area contributed by atoms with E-state index in [0.29, 0.717) is 23.4 Å². The number of likely N-dealkylation sites (tertiary alicyclic amines) is 1. The number of nitrogens with one attached hydrogen (secondary N) is 1. The molecule has 190 valence electrons. The largest absolute Gasteiger partial charge is 0.364 e. The van der Waals surface area contributed by atoms with Gasteiger partial charge in [0, 0.05) is 35.3 Å². The van der Waals surface area contributed by atoms with Crippen LogP contribution in [0.3, 0.4) is 0 Å². The summed E-state index contributed by atoms with van der Waals surface area (Å²) in [5, 5.41) is 8.61. The molecule has 4 aromatic rings. The number of nitrogens with zero attached hydrogens (tertiary/aromatic N) is 3. The lowest BCUT2D eigenvalue weighted by Gasteiger charge is -2.32. The Bertz CT molecular complexity index is 1490. The number of rotatable bonds is 7. The number of aryl methyl sites for hydroxylation is 1. The van der Waals surface area contributed by atoms with Crippen molar-refractivity contribution >= 4 is 16.7 Å². The van der Waals surface area contributed by atoms with Crippen LogP contribution in [0.15, 0.2) is 70.3 Å². The van der Waals surface area contributed by atoms with Gasteiger partial charge in [-0.25, -0.2) is 0 Å². The molecule has 0 spiro atoms. The van der Waals surface area contributed by atoms with Crippen molar-refractivity contribution in [3.05, 3.63) is 88.2 Å². The second-order valence-corrected chi connectivity index (χ2v) is 10.5. The number of piperidine rings is 1. The number of fused-ring (bicyclic) bond motifs is 1. The summed E-state index contributed by atoms with van der Waals surface area (Å²) >= 11 is 0. The first kappa shape index (κ1) is 23.7. The normalized spacial score (nSPS) is 16.8. The van der Waals surface area contributed by atoms with E-state index in [4.69, 9.17) is 4.52 Å². The van der Waals surface area contributed by atoms with E-state index < -0.39 is 0 Å². The van der Waals surface area contributed by atoms with Gasteiger partial charge in [-0.05, 0) is 98.5 Å². The molecule has 1 aliphatic heterocycles.